The van der Waals surface area contributed by atoms with Crippen molar-refractivity contribution in [2.24, 2.45) is 0 Å². The van der Waals surface area contributed by atoms with E-state index < -0.39 is 16.1 Å². The van der Waals surface area contributed by atoms with E-state index in [1.807, 2.05) is 18.2 Å². The lowest BCUT2D eigenvalue weighted by Crippen LogP contribution is -2.46. The standard InChI is InChI=1S/C25H25ClN2O6S/c1-18(25(29)28-13-15-32-16-14-28)33-21-8-10-22(11-9-21)35(30,31)27-23-17-19(26)7-12-24(23)34-20-5-3-2-4-6-20/h2-12,17-18,27H,13-16H2,1H3/t18-/m1/s1. The molecular formula is C25H25ClN2O6S. The van der Waals surface area contributed by atoms with Crippen molar-refractivity contribution in [3.8, 4) is 17.2 Å². The Kier molecular flexibility index (Phi) is 7.80. The summed E-state index contributed by atoms with van der Waals surface area (Å²) in [7, 11) is -3.96. The summed E-state index contributed by atoms with van der Waals surface area (Å²) < 4.78 is 45.5. The van der Waals surface area contributed by atoms with Crippen LogP contribution in [0.4, 0.5) is 5.69 Å². The molecule has 10 heteroatoms. The van der Waals surface area contributed by atoms with Crippen LogP contribution in [-0.2, 0) is 19.6 Å². The molecule has 1 fully saturated rings. The van der Waals surface area contributed by atoms with Crippen molar-refractivity contribution >= 4 is 33.2 Å². The number of ether oxygens (including phenoxy) is 3. The van der Waals surface area contributed by atoms with Crippen molar-refractivity contribution < 1.29 is 27.4 Å². The second-order valence-corrected chi connectivity index (χ2v) is 9.95. The van der Waals surface area contributed by atoms with Gasteiger partial charge in [0.05, 0.1) is 23.8 Å². The molecule has 35 heavy (non-hydrogen) atoms. The second-order valence-electron chi connectivity index (χ2n) is 7.83. The Morgan fingerprint density at radius 3 is 2.37 bits per heavy atom. The summed E-state index contributed by atoms with van der Waals surface area (Å²) in [4.78, 5) is 14.2. The summed E-state index contributed by atoms with van der Waals surface area (Å²) in [6.45, 7) is 3.71. The highest BCUT2D eigenvalue weighted by atomic mass is 35.5. The average molecular weight is 517 g/mol. The summed E-state index contributed by atoms with van der Waals surface area (Å²) >= 11 is 6.10. The van der Waals surface area contributed by atoms with Crippen LogP contribution in [0.1, 0.15) is 6.92 Å². The molecule has 184 valence electrons. The monoisotopic (exact) mass is 516 g/mol. The Hall–Kier alpha value is -3.27. The SMILES string of the molecule is C[C@@H](Oc1ccc(S(=O)(=O)Nc2cc(Cl)ccc2Oc2ccccc2)cc1)C(=O)N1CCOCC1. The van der Waals surface area contributed by atoms with Crippen LogP contribution in [0.2, 0.25) is 5.02 Å². The molecule has 0 unspecified atom stereocenters. The smallest absolute Gasteiger partial charge is 0.263 e. The lowest BCUT2D eigenvalue weighted by Gasteiger charge is -2.29. The third-order valence-corrected chi connectivity index (χ3v) is 6.89. The van der Waals surface area contributed by atoms with E-state index in [1.165, 1.54) is 30.3 Å². The number of morpholine rings is 1. The fourth-order valence-electron chi connectivity index (χ4n) is 3.48. The number of amides is 1. The van der Waals surface area contributed by atoms with Crippen LogP contribution in [0.25, 0.3) is 0 Å². The molecule has 1 heterocycles. The number of nitrogens with zero attached hydrogens (tertiary/aromatic N) is 1. The first-order valence-corrected chi connectivity index (χ1v) is 12.9. The Balaban J connectivity index is 1.46. The molecule has 0 radical (unpaired) electrons. The molecule has 0 aromatic heterocycles. The van der Waals surface area contributed by atoms with Crippen LogP contribution < -0.4 is 14.2 Å². The van der Waals surface area contributed by atoms with Gasteiger partial charge in [-0.05, 0) is 61.5 Å². The molecule has 8 nitrogen and oxygen atoms in total. The molecule has 3 aromatic carbocycles. The number of halogens is 1. The minimum absolute atomic E-state index is 0.0163. The predicted octanol–water partition coefficient (Wildman–Crippen LogP) is 4.56. The number of benzene rings is 3. The number of carbonyl (C=O) groups is 1. The molecule has 3 aromatic rings. The summed E-state index contributed by atoms with van der Waals surface area (Å²) in [6, 6.07) is 19.5. The maximum absolute atomic E-state index is 13.0. The van der Waals surface area contributed by atoms with Crippen molar-refractivity contribution in [2.45, 2.75) is 17.9 Å². The van der Waals surface area contributed by atoms with Gasteiger partial charge in [0.15, 0.2) is 11.9 Å². The molecule has 0 aliphatic carbocycles. The molecule has 0 saturated carbocycles. The van der Waals surface area contributed by atoms with Crippen LogP contribution in [0.3, 0.4) is 0 Å². The van der Waals surface area contributed by atoms with Gasteiger partial charge in [0.2, 0.25) is 0 Å². The highest BCUT2D eigenvalue weighted by Gasteiger charge is 2.24. The number of para-hydroxylation sites is 1. The maximum atomic E-state index is 13.0. The van der Waals surface area contributed by atoms with E-state index in [4.69, 9.17) is 25.8 Å². The van der Waals surface area contributed by atoms with Crippen LogP contribution in [0.5, 0.6) is 17.2 Å². The minimum atomic E-state index is -3.96. The zero-order valence-corrected chi connectivity index (χ0v) is 20.6. The molecule has 1 saturated heterocycles. The van der Waals surface area contributed by atoms with E-state index in [-0.39, 0.29) is 16.5 Å². The van der Waals surface area contributed by atoms with Crippen LogP contribution in [0.15, 0.2) is 77.7 Å². The van der Waals surface area contributed by atoms with Crippen molar-refractivity contribution in [2.75, 3.05) is 31.0 Å². The van der Waals surface area contributed by atoms with Gasteiger partial charge in [-0.15, -0.1) is 0 Å². The second kappa shape index (κ2) is 11.0. The molecular weight excluding hydrogens is 492 g/mol. The van der Waals surface area contributed by atoms with E-state index in [0.29, 0.717) is 48.6 Å². The molecule has 4 rings (SSSR count). The van der Waals surface area contributed by atoms with Gasteiger partial charge in [-0.25, -0.2) is 8.42 Å². The lowest BCUT2D eigenvalue weighted by molar-refractivity contribution is -0.142. The predicted molar refractivity (Wildman–Crippen MR) is 133 cm³/mol. The molecule has 0 bridgehead atoms. The van der Waals surface area contributed by atoms with Gasteiger partial charge in [0.25, 0.3) is 15.9 Å². The molecule has 1 atom stereocenters. The largest absolute Gasteiger partial charge is 0.481 e. The number of carbonyl (C=O) groups excluding carboxylic acids is 1. The third-order valence-electron chi connectivity index (χ3n) is 5.27. The molecule has 1 aliphatic rings. The maximum Gasteiger partial charge on any atom is 0.263 e. The number of sulfonamides is 1. The van der Waals surface area contributed by atoms with Gasteiger partial charge in [-0.3, -0.25) is 9.52 Å². The molecule has 1 aliphatic heterocycles. The molecule has 0 spiro atoms. The number of nitrogens with one attached hydrogen (secondary N) is 1. The topological polar surface area (TPSA) is 94.2 Å². The van der Waals surface area contributed by atoms with Gasteiger partial charge >= 0.3 is 0 Å². The molecule has 1 amide bonds. The first-order valence-electron chi connectivity index (χ1n) is 11.0. The number of rotatable bonds is 8. The summed E-state index contributed by atoms with van der Waals surface area (Å²) in [5.41, 5.74) is 0.200. The van der Waals surface area contributed by atoms with E-state index in [0.717, 1.165) is 0 Å². The summed E-state index contributed by atoms with van der Waals surface area (Å²) in [6.07, 6.45) is -0.710. The Bertz CT molecular complexity index is 1260. The first-order chi connectivity index (χ1) is 16.8. The fraction of sp³-hybridized carbons (Fsp3) is 0.240. The Morgan fingerprint density at radius 2 is 1.69 bits per heavy atom. The highest BCUT2D eigenvalue weighted by Crippen LogP contribution is 2.33. The zero-order chi connectivity index (χ0) is 24.8. The molecule has 1 N–H and O–H groups in total. The van der Waals surface area contributed by atoms with E-state index in [1.54, 1.807) is 36.1 Å². The van der Waals surface area contributed by atoms with Gasteiger partial charge < -0.3 is 19.1 Å². The van der Waals surface area contributed by atoms with Gasteiger partial charge in [-0.1, -0.05) is 29.8 Å². The zero-order valence-electron chi connectivity index (χ0n) is 19.0. The van der Waals surface area contributed by atoms with Crippen molar-refractivity contribution in [3.63, 3.8) is 0 Å². The van der Waals surface area contributed by atoms with Gasteiger partial charge in [0, 0.05) is 18.1 Å². The fourth-order valence-corrected chi connectivity index (χ4v) is 4.72. The number of anilines is 1. The summed E-state index contributed by atoms with van der Waals surface area (Å²) in [5.74, 6) is 1.10. The average Bonchev–Trinajstić information content (AvgIpc) is 2.86. The number of hydrogen-bond acceptors (Lipinski definition) is 6. The van der Waals surface area contributed by atoms with E-state index in [9.17, 15) is 13.2 Å². The third kappa shape index (κ3) is 6.45. The lowest BCUT2D eigenvalue weighted by atomic mass is 10.3. The normalized spacial score (nSPS) is 14.7. The minimum Gasteiger partial charge on any atom is -0.481 e. The van der Waals surface area contributed by atoms with Crippen LogP contribution in [0, 0.1) is 0 Å². The quantitative estimate of drug-likeness (QED) is 0.471. The van der Waals surface area contributed by atoms with E-state index >= 15 is 0 Å². The van der Waals surface area contributed by atoms with Gasteiger partial charge in [-0.2, -0.15) is 0 Å². The Labute approximate surface area is 209 Å². The van der Waals surface area contributed by atoms with Crippen molar-refractivity contribution in [3.05, 3.63) is 77.8 Å². The van der Waals surface area contributed by atoms with Gasteiger partial charge in [0.1, 0.15) is 11.5 Å². The first kappa shape index (κ1) is 24.8. The highest BCUT2D eigenvalue weighted by molar-refractivity contribution is 7.92. The van der Waals surface area contributed by atoms with Crippen LogP contribution >= 0.6 is 11.6 Å². The number of hydrogen-bond donors (Lipinski definition) is 1. The Morgan fingerprint density at radius 1 is 1.00 bits per heavy atom. The summed E-state index contributed by atoms with van der Waals surface area (Å²) in [5, 5.41) is 0.353. The van der Waals surface area contributed by atoms with Crippen LogP contribution in [-0.4, -0.2) is 51.6 Å². The van der Waals surface area contributed by atoms with Crippen molar-refractivity contribution in [1.82, 2.24) is 4.90 Å². The van der Waals surface area contributed by atoms with E-state index in [2.05, 4.69) is 4.72 Å². The van der Waals surface area contributed by atoms with Crippen molar-refractivity contribution in [1.29, 1.82) is 0 Å².